The van der Waals surface area contributed by atoms with Crippen LogP contribution in [0, 0.1) is 0 Å². The highest BCUT2D eigenvalue weighted by atomic mass is 32.2. The van der Waals surface area contributed by atoms with Gasteiger partial charge in [-0.2, -0.15) is 8.42 Å². The molecule has 1 aromatic carbocycles. The summed E-state index contributed by atoms with van der Waals surface area (Å²) in [4.78, 5) is 0. The summed E-state index contributed by atoms with van der Waals surface area (Å²) in [6, 6.07) is 8.13. The molecule has 6 heteroatoms. The SMILES string of the molecule is COCOc1ccccc1CCCCCCCCCCOS(C)(=O)=O. The molecule has 25 heavy (non-hydrogen) atoms. The third kappa shape index (κ3) is 12.0. The Balaban J connectivity index is 2.00. The molecule has 0 aliphatic rings. The maximum absolute atomic E-state index is 10.8. The van der Waals surface area contributed by atoms with E-state index in [9.17, 15) is 8.42 Å². The molecule has 0 fully saturated rings. The summed E-state index contributed by atoms with van der Waals surface area (Å²) < 4.78 is 36.9. The lowest BCUT2D eigenvalue weighted by Gasteiger charge is -2.10. The minimum atomic E-state index is -3.28. The van der Waals surface area contributed by atoms with Crippen LogP contribution in [-0.2, 0) is 25.5 Å². The van der Waals surface area contributed by atoms with Gasteiger partial charge in [-0.3, -0.25) is 4.18 Å². The highest BCUT2D eigenvalue weighted by Gasteiger charge is 2.03. The van der Waals surface area contributed by atoms with Gasteiger partial charge in [-0.15, -0.1) is 0 Å². The molecule has 0 saturated heterocycles. The molecule has 0 spiro atoms. The molecule has 0 bridgehead atoms. The Bertz CT molecular complexity index is 557. The second-order valence-corrected chi connectivity index (χ2v) is 7.91. The Hall–Kier alpha value is -1.11. The zero-order valence-corrected chi connectivity index (χ0v) is 16.4. The van der Waals surface area contributed by atoms with Gasteiger partial charge in [-0.05, 0) is 30.9 Å². The number of hydrogen-bond acceptors (Lipinski definition) is 5. The molecule has 0 atom stereocenters. The maximum Gasteiger partial charge on any atom is 0.264 e. The summed E-state index contributed by atoms with van der Waals surface area (Å²) in [7, 11) is -1.65. The molecule has 0 unspecified atom stereocenters. The summed E-state index contributed by atoms with van der Waals surface area (Å²) in [5, 5.41) is 0. The van der Waals surface area contributed by atoms with Crippen molar-refractivity contribution in [3.63, 3.8) is 0 Å². The molecule has 0 aliphatic carbocycles. The highest BCUT2D eigenvalue weighted by molar-refractivity contribution is 7.85. The average molecular weight is 373 g/mol. The predicted octanol–water partition coefficient (Wildman–Crippen LogP) is 4.31. The normalized spacial score (nSPS) is 11.6. The molecule has 1 aromatic rings. The minimum Gasteiger partial charge on any atom is -0.467 e. The van der Waals surface area contributed by atoms with Gasteiger partial charge in [-0.25, -0.2) is 0 Å². The predicted molar refractivity (Wildman–Crippen MR) is 100 cm³/mol. The number of aryl methyl sites for hydroxylation is 1. The Labute approximate surface area is 152 Å². The number of ether oxygens (including phenoxy) is 2. The van der Waals surface area contributed by atoms with Crippen LogP contribution >= 0.6 is 0 Å². The van der Waals surface area contributed by atoms with Crippen LogP contribution in [0.3, 0.4) is 0 Å². The zero-order valence-electron chi connectivity index (χ0n) is 15.5. The third-order valence-corrected chi connectivity index (χ3v) is 4.54. The smallest absolute Gasteiger partial charge is 0.264 e. The number of para-hydroxylation sites is 1. The van der Waals surface area contributed by atoms with Crippen LogP contribution < -0.4 is 4.74 Å². The Morgan fingerprint density at radius 1 is 0.880 bits per heavy atom. The van der Waals surface area contributed by atoms with Gasteiger partial charge < -0.3 is 9.47 Å². The van der Waals surface area contributed by atoms with Gasteiger partial charge >= 0.3 is 0 Å². The quantitative estimate of drug-likeness (QED) is 0.261. The van der Waals surface area contributed by atoms with E-state index in [2.05, 4.69) is 6.07 Å². The van der Waals surface area contributed by atoms with E-state index in [1.165, 1.54) is 31.2 Å². The molecular formula is C19H32O5S. The number of methoxy groups -OCH3 is 1. The van der Waals surface area contributed by atoms with Crippen LogP contribution in [0.4, 0.5) is 0 Å². The lowest BCUT2D eigenvalue weighted by Crippen LogP contribution is -2.03. The molecule has 0 saturated carbocycles. The molecule has 5 nitrogen and oxygen atoms in total. The largest absolute Gasteiger partial charge is 0.467 e. The fourth-order valence-corrected chi connectivity index (χ4v) is 3.08. The van der Waals surface area contributed by atoms with Crippen LogP contribution in [0.2, 0.25) is 0 Å². The second-order valence-electron chi connectivity index (χ2n) is 6.26. The molecule has 0 aromatic heterocycles. The van der Waals surface area contributed by atoms with Gasteiger partial charge in [0.1, 0.15) is 5.75 Å². The lowest BCUT2D eigenvalue weighted by molar-refractivity contribution is 0.0504. The molecule has 1 rings (SSSR count). The van der Waals surface area contributed by atoms with E-state index in [4.69, 9.17) is 13.7 Å². The van der Waals surface area contributed by atoms with Crippen LogP contribution in [-0.4, -0.2) is 35.2 Å². The standard InChI is InChI=1S/C19H32O5S/c1-22-17-23-19-15-11-10-14-18(19)13-9-7-5-3-4-6-8-12-16-24-25(2,20)21/h10-11,14-15H,3-9,12-13,16-17H2,1-2H3. The van der Waals surface area contributed by atoms with Gasteiger partial charge in [-0.1, -0.05) is 56.7 Å². The van der Waals surface area contributed by atoms with Crippen molar-refractivity contribution < 1.29 is 22.1 Å². The van der Waals surface area contributed by atoms with E-state index >= 15 is 0 Å². The van der Waals surface area contributed by atoms with Crippen molar-refractivity contribution in [1.82, 2.24) is 0 Å². The number of rotatable bonds is 15. The van der Waals surface area contributed by atoms with Gasteiger partial charge in [0.15, 0.2) is 6.79 Å². The molecule has 144 valence electrons. The van der Waals surface area contributed by atoms with Gasteiger partial charge in [0, 0.05) is 7.11 Å². The molecule has 0 amide bonds. The van der Waals surface area contributed by atoms with E-state index in [0.717, 1.165) is 44.1 Å². The number of unbranched alkanes of at least 4 members (excludes halogenated alkanes) is 7. The maximum atomic E-state index is 10.8. The monoisotopic (exact) mass is 372 g/mol. The van der Waals surface area contributed by atoms with Crippen molar-refractivity contribution in [2.24, 2.45) is 0 Å². The molecule has 0 radical (unpaired) electrons. The van der Waals surface area contributed by atoms with Crippen LogP contribution in [0.1, 0.15) is 56.9 Å². The van der Waals surface area contributed by atoms with Gasteiger partial charge in [0.25, 0.3) is 10.1 Å². The zero-order chi connectivity index (χ0) is 18.4. The van der Waals surface area contributed by atoms with E-state index in [1.807, 2.05) is 18.2 Å². The lowest BCUT2D eigenvalue weighted by atomic mass is 10.0. The van der Waals surface area contributed by atoms with Crippen molar-refractivity contribution in [1.29, 1.82) is 0 Å². The van der Waals surface area contributed by atoms with E-state index < -0.39 is 10.1 Å². The van der Waals surface area contributed by atoms with Crippen molar-refractivity contribution in [2.75, 3.05) is 26.8 Å². The summed E-state index contributed by atoms with van der Waals surface area (Å²) in [5.41, 5.74) is 1.24. The van der Waals surface area contributed by atoms with Gasteiger partial charge in [0.2, 0.25) is 0 Å². The first-order chi connectivity index (χ1) is 12.0. The van der Waals surface area contributed by atoms with E-state index in [1.54, 1.807) is 7.11 Å². The van der Waals surface area contributed by atoms with Gasteiger partial charge in [0.05, 0.1) is 12.9 Å². The van der Waals surface area contributed by atoms with Crippen molar-refractivity contribution in [3.05, 3.63) is 29.8 Å². The summed E-state index contributed by atoms with van der Waals surface area (Å²) in [6.45, 7) is 0.593. The van der Waals surface area contributed by atoms with Crippen molar-refractivity contribution >= 4 is 10.1 Å². The van der Waals surface area contributed by atoms with Crippen molar-refractivity contribution in [2.45, 2.75) is 57.8 Å². The molecule has 0 aliphatic heterocycles. The topological polar surface area (TPSA) is 61.8 Å². The Morgan fingerprint density at radius 2 is 1.48 bits per heavy atom. The number of benzene rings is 1. The second kappa shape index (κ2) is 13.1. The first-order valence-corrected chi connectivity index (χ1v) is 10.9. The average Bonchev–Trinajstić information content (AvgIpc) is 2.57. The highest BCUT2D eigenvalue weighted by Crippen LogP contribution is 2.21. The Kier molecular flexibility index (Phi) is 11.5. The van der Waals surface area contributed by atoms with E-state index in [0.29, 0.717) is 6.61 Å². The molecular weight excluding hydrogens is 340 g/mol. The van der Waals surface area contributed by atoms with Crippen LogP contribution in [0.15, 0.2) is 24.3 Å². The minimum absolute atomic E-state index is 0.284. The summed E-state index contributed by atoms with van der Waals surface area (Å²) in [5.74, 6) is 0.917. The first-order valence-electron chi connectivity index (χ1n) is 9.07. The summed E-state index contributed by atoms with van der Waals surface area (Å²) in [6.07, 6.45) is 11.1. The van der Waals surface area contributed by atoms with Crippen LogP contribution in [0.25, 0.3) is 0 Å². The van der Waals surface area contributed by atoms with E-state index in [-0.39, 0.29) is 6.79 Å². The Morgan fingerprint density at radius 3 is 2.12 bits per heavy atom. The summed E-state index contributed by atoms with van der Waals surface area (Å²) >= 11 is 0. The van der Waals surface area contributed by atoms with Crippen LogP contribution in [0.5, 0.6) is 5.75 Å². The molecule has 0 N–H and O–H groups in total. The fraction of sp³-hybridized carbons (Fsp3) is 0.684. The third-order valence-electron chi connectivity index (χ3n) is 3.94. The number of hydrogen-bond donors (Lipinski definition) is 0. The van der Waals surface area contributed by atoms with Crippen molar-refractivity contribution in [3.8, 4) is 5.75 Å². The fourth-order valence-electron chi connectivity index (χ4n) is 2.66. The molecule has 0 heterocycles. The first kappa shape index (κ1) is 21.9.